The Morgan fingerprint density at radius 1 is 1.45 bits per heavy atom. The van der Waals surface area contributed by atoms with E-state index in [0.29, 0.717) is 39.4 Å². The Bertz CT molecular complexity index is 542. The lowest BCUT2D eigenvalue weighted by Gasteiger charge is -2.32. The molecule has 0 aliphatic carbocycles. The molecular formula is C15H23FN4O2. The van der Waals surface area contributed by atoms with Crippen LogP contribution in [0.3, 0.4) is 0 Å². The van der Waals surface area contributed by atoms with Gasteiger partial charge in [-0.2, -0.15) is 5.10 Å². The molecule has 3 rings (SSSR count). The summed E-state index contributed by atoms with van der Waals surface area (Å²) in [7, 11) is 1.89. The highest BCUT2D eigenvalue weighted by Gasteiger charge is 2.39. The molecule has 0 saturated carbocycles. The highest BCUT2D eigenvalue weighted by Crippen LogP contribution is 2.25. The predicted octanol–water partition coefficient (Wildman–Crippen LogP) is 0.500. The van der Waals surface area contributed by atoms with Crippen molar-refractivity contribution < 1.29 is 13.9 Å². The fourth-order valence-electron chi connectivity index (χ4n) is 3.19. The maximum Gasteiger partial charge on any atom is 0.240 e. The van der Waals surface area contributed by atoms with E-state index < -0.39 is 6.17 Å². The number of hydrogen-bond acceptors (Lipinski definition) is 4. The van der Waals surface area contributed by atoms with Crippen LogP contribution in [0.2, 0.25) is 0 Å². The summed E-state index contributed by atoms with van der Waals surface area (Å²) in [6.45, 7) is 5.22. The normalized spacial score (nSPS) is 26.6. The molecule has 3 heterocycles. The van der Waals surface area contributed by atoms with Crippen LogP contribution in [0.15, 0.2) is 6.20 Å². The number of aromatic nitrogens is 2. The zero-order valence-electron chi connectivity index (χ0n) is 13.2. The number of alkyl halides is 1. The van der Waals surface area contributed by atoms with Crippen LogP contribution in [-0.4, -0.2) is 70.5 Å². The second-order valence-electron chi connectivity index (χ2n) is 6.09. The second kappa shape index (κ2) is 6.34. The van der Waals surface area contributed by atoms with E-state index in [1.54, 1.807) is 15.8 Å². The number of carbonyl (C=O) groups is 1. The van der Waals surface area contributed by atoms with Gasteiger partial charge in [0.1, 0.15) is 6.17 Å². The summed E-state index contributed by atoms with van der Waals surface area (Å²) in [5.41, 5.74) is 2.11. The molecule has 22 heavy (non-hydrogen) atoms. The first-order chi connectivity index (χ1) is 10.6. The third-order valence-electron chi connectivity index (χ3n) is 4.67. The maximum atomic E-state index is 13.9. The van der Waals surface area contributed by atoms with Crippen molar-refractivity contribution in [2.24, 2.45) is 7.05 Å². The number of halogens is 1. The minimum Gasteiger partial charge on any atom is -0.378 e. The zero-order chi connectivity index (χ0) is 15.7. The molecule has 0 aromatic carbocycles. The molecule has 6 nitrogen and oxygen atoms in total. The van der Waals surface area contributed by atoms with Crippen LogP contribution in [0.4, 0.5) is 4.39 Å². The Morgan fingerprint density at radius 2 is 2.18 bits per heavy atom. The molecule has 0 spiro atoms. The average Bonchev–Trinajstić information content (AvgIpc) is 3.05. The minimum atomic E-state index is -0.938. The molecule has 2 aliphatic rings. The van der Waals surface area contributed by atoms with E-state index in [-0.39, 0.29) is 18.4 Å². The zero-order valence-corrected chi connectivity index (χ0v) is 13.2. The lowest BCUT2D eigenvalue weighted by Crippen LogP contribution is -2.49. The summed E-state index contributed by atoms with van der Waals surface area (Å²) in [6.07, 6.45) is 1.15. The monoisotopic (exact) mass is 310 g/mol. The number of ether oxygens (including phenoxy) is 1. The molecule has 0 N–H and O–H groups in total. The molecule has 0 unspecified atom stereocenters. The Balaban J connectivity index is 1.71. The van der Waals surface area contributed by atoms with Gasteiger partial charge in [0.2, 0.25) is 5.91 Å². The van der Waals surface area contributed by atoms with E-state index in [9.17, 15) is 9.18 Å². The highest BCUT2D eigenvalue weighted by atomic mass is 19.1. The molecule has 1 aromatic rings. The number of rotatable bonds is 3. The number of morpholine rings is 1. The van der Waals surface area contributed by atoms with E-state index >= 15 is 0 Å². The predicted molar refractivity (Wildman–Crippen MR) is 79.1 cm³/mol. The second-order valence-corrected chi connectivity index (χ2v) is 6.09. The number of nitrogens with zero attached hydrogens (tertiary/aromatic N) is 4. The van der Waals surface area contributed by atoms with Gasteiger partial charge in [0.15, 0.2) is 0 Å². The van der Waals surface area contributed by atoms with Crippen LogP contribution in [0.5, 0.6) is 0 Å². The highest BCUT2D eigenvalue weighted by molar-refractivity contribution is 5.82. The van der Waals surface area contributed by atoms with Crippen molar-refractivity contribution in [2.75, 3.05) is 32.8 Å². The SMILES string of the molecule is Cc1c(CN2C[C@H](F)C[C@H]2C(=O)N2CCOCC2)cnn1C. The Hall–Kier alpha value is -1.47. The molecule has 122 valence electrons. The van der Waals surface area contributed by atoms with Gasteiger partial charge < -0.3 is 9.64 Å². The van der Waals surface area contributed by atoms with Gasteiger partial charge in [-0.15, -0.1) is 0 Å². The number of amides is 1. The maximum absolute atomic E-state index is 13.9. The molecule has 0 radical (unpaired) electrons. The smallest absolute Gasteiger partial charge is 0.240 e. The topological polar surface area (TPSA) is 50.6 Å². The molecule has 2 saturated heterocycles. The van der Waals surface area contributed by atoms with Crippen LogP contribution in [0.1, 0.15) is 17.7 Å². The Morgan fingerprint density at radius 3 is 2.82 bits per heavy atom. The van der Waals surface area contributed by atoms with Crippen molar-refractivity contribution >= 4 is 5.91 Å². The van der Waals surface area contributed by atoms with E-state index in [0.717, 1.165) is 11.3 Å². The van der Waals surface area contributed by atoms with Crippen molar-refractivity contribution in [3.63, 3.8) is 0 Å². The molecule has 1 aromatic heterocycles. The van der Waals surface area contributed by atoms with Crippen molar-refractivity contribution in [1.29, 1.82) is 0 Å². The van der Waals surface area contributed by atoms with Gasteiger partial charge >= 0.3 is 0 Å². The third kappa shape index (κ3) is 3.01. The van der Waals surface area contributed by atoms with Gasteiger partial charge in [0.05, 0.1) is 25.5 Å². The van der Waals surface area contributed by atoms with Crippen LogP contribution >= 0.6 is 0 Å². The summed E-state index contributed by atoms with van der Waals surface area (Å²) >= 11 is 0. The van der Waals surface area contributed by atoms with Crippen LogP contribution < -0.4 is 0 Å². The van der Waals surface area contributed by atoms with Gasteiger partial charge in [0, 0.05) is 50.9 Å². The lowest BCUT2D eigenvalue weighted by molar-refractivity contribution is -0.140. The van der Waals surface area contributed by atoms with E-state index in [2.05, 4.69) is 5.10 Å². The largest absolute Gasteiger partial charge is 0.378 e. The van der Waals surface area contributed by atoms with Crippen molar-refractivity contribution in [3.05, 3.63) is 17.5 Å². The third-order valence-corrected chi connectivity index (χ3v) is 4.67. The standard InChI is InChI=1S/C15H23FN4O2/c1-11-12(8-17-18(11)2)9-20-10-13(16)7-14(20)15(21)19-3-5-22-6-4-19/h8,13-14H,3-7,9-10H2,1-2H3/t13-,14+/m1/s1. The van der Waals surface area contributed by atoms with Gasteiger partial charge in [-0.3, -0.25) is 14.4 Å². The number of aryl methyl sites for hydroxylation is 1. The first-order valence-corrected chi connectivity index (χ1v) is 7.78. The fourth-order valence-corrected chi connectivity index (χ4v) is 3.19. The minimum absolute atomic E-state index is 0.0324. The number of hydrogen-bond donors (Lipinski definition) is 0. The van der Waals surface area contributed by atoms with E-state index in [4.69, 9.17) is 4.74 Å². The van der Waals surface area contributed by atoms with Crippen molar-refractivity contribution in [1.82, 2.24) is 19.6 Å². The number of likely N-dealkylation sites (tertiary alicyclic amines) is 1. The van der Waals surface area contributed by atoms with Gasteiger partial charge in [-0.05, 0) is 6.92 Å². The summed E-state index contributed by atoms with van der Waals surface area (Å²) in [5.74, 6) is 0.0324. The summed E-state index contributed by atoms with van der Waals surface area (Å²) in [4.78, 5) is 16.4. The Labute approximate surface area is 129 Å². The van der Waals surface area contributed by atoms with Crippen LogP contribution in [-0.2, 0) is 23.1 Å². The van der Waals surface area contributed by atoms with Crippen LogP contribution in [0, 0.1) is 6.92 Å². The molecule has 2 aliphatic heterocycles. The van der Waals surface area contributed by atoms with Gasteiger partial charge in [0.25, 0.3) is 0 Å². The molecule has 0 bridgehead atoms. The number of carbonyl (C=O) groups excluding carboxylic acids is 1. The van der Waals surface area contributed by atoms with Gasteiger partial charge in [-0.1, -0.05) is 0 Å². The molecule has 2 fully saturated rings. The van der Waals surface area contributed by atoms with E-state index in [1.807, 2.05) is 18.9 Å². The average molecular weight is 310 g/mol. The molecule has 7 heteroatoms. The summed E-state index contributed by atoms with van der Waals surface area (Å²) < 4.78 is 21.0. The lowest BCUT2D eigenvalue weighted by atomic mass is 10.1. The molecule has 1 amide bonds. The van der Waals surface area contributed by atoms with Crippen molar-refractivity contribution in [3.8, 4) is 0 Å². The quantitative estimate of drug-likeness (QED) is 0.816. The summed E-state index contributed by atoms with van der Waals surface area (Å²) in [6, 6.07) is -0.368. The summed E-state index contributed by atoms with van der Waals surface area (Å²) in [5, 5.41) is 4.22. The first kappa shape index (κ1) is 15.4. The molecular weight excluding hydrogens is 287 g/mol. The van der Waals surface area contributed by atoms with E-state index in [1.165, 1.54) is 0 Å². The Kier molecular flexibility index (Phi) is 4.44. The van der Waals surface area contributed by atoms with Crippen molar-refractivity contribution in [2.45, 2.75) is 32.1 Å². The van der Waals surface area contributed by atoms with Gasteiger partial charge in [-0.25, -0.2) is 4.39 Å². The fraction of sp³-hybridized carbons (Fsp3) is 0.733. The molecule has 2 atom stereocenters. The first-order valence-electron chi connectivity index (χ1n) is 7.78. The van der Waals surface area contributed by atoms with Crippen LogP contribution in [0.25, 0.3) is 0 Å².